The first-order valence-corrected chi connectivity index (χ1v) is 3.71. The first-order valence-electron chi connectivity index (χ1n) is 3.71. The minimum absolute atomic E-state index is 0. The molecule has 0 heterocycles. The molecule has 1 atom stereocenters. The third kappa shape index (κ3) is 2.93. The Labute approximate surface area is 86.5 Å². The van der Waals surface area contributed by atoms with Crippen LogP contribution >= 0.6 is 12.4 Å². The summed E-state index contributed by atoms with van der Waals surface area (Å²) in [7, 11) is 0. The van der Waals surface area contributed by atoms with Crippen molar-refractivity contribution in [1.82, 2.24) is 0 Å². The number of nitrogens with zero attached hydrogens (tertiary/aromatic N) is 1. The van der Waals surface area contributed by atoms with Crippen LogP contribution < -0.4 is 5.73 Å². The van der Waals surface area contributed by atoms with Gasteiger partial charge in [-0.3, -0.25) is 10.1 Å². The van der Waals surface area contributed by atoms with Crippen molar-refractivity contribution in [3.63, 3.8) is 0 Å². The van der Waals surface area contributed by atoms with Gasteiger partial charge in [-0.15, -0.1) is 12.4 Å². The monoisotopic (exact) mass is 220 g/mol. The molecule has 1 aromatic rings. The summed E-state index contributed by atoms with van der Waals surface area (Å²) in [6, 6.07) is 4.85. The van der Waals surface area contributed by atoms with Crippen LogP contribution in [0.25, 0.3) is 0 Å². The number of hydrogen-bond donors (Lipinski definition) is 1. The van der Waals surface area contributed by atoms with Crippen LogP contribution in [0.2, 0.25) is 0 Å². The second-order valence-electron chi connectivity index (χ2n) is 2.61. The molecule has 14 heavy (non-hydrogen) atoms. The lowest BCUT2D eigenvalue weighted by Gasteiger charge is -2.05. The van der Waals surface area contributed by atoms with E-state index in [0.717, 1.165) is 0 Å². The van der Waals surface area contributed by atoms with Crippen LogP contribution in [0.5, 0.6) is 0 Å². The Hall–Kier alpha value is -1.20. The summed E-state index contributed by atoms with van der Waals surface area (Å²) in [4.78, 5) is 9.74. The molecule has 2 N–H and O–H groups in total. The molecule has 0 amide bonds. The summed E-state index contributed by atoms with van der Waals surface area (Å²) in [6.07, 6.45) is 0. The van der Waals surface area contributed by atoms with Crippen LogP contribution in [0, 0.1) is 10.1 Å². The van der Waals surface area contributed by atoms with Gasteiger partial charge in [-0.25, -0.2) is 4.39 Å². The summed E-state index contributed by atoms with van der Waals surface area (Å²) in [5.74, 6) is 0. The molecule has 0 bridgehead atoms. The SMILES string of the molecule is Cl.N[C@@H](CF)c1ccc([N+](=O)[O-])cc1. The highest BCUT2D eigenvalue weighted by molar-refractivity contribution is 5.85. The van der Waals surface area contributed by atoms with Crippen LogP contribution in [-0.4, -0.2) is 11.6 Å². The van der Waals surface area contributed by atoms with E-state index in [0.29, 0.717) is 5.56 Å². The standard InChI is InChI=1S/C8H9FN2O2.ClH/c9-5-8(10)6-1-3-7(4-2-6)11(12)13;/h1-4,8H,5,10H2;1H/t8-;/m0./s1. The molecular weight excluding hydrogens is 211 g/mol. The fourth-order valence-electron chi connectivity index (χ4n) is 0.932. The fraction of sp³-hybridized carbons (Fsp3) is 0.250. The van der Waals surface area contributed by atoms with E-state index < -0.39 is 17.6 Å². The minimum atomic E-state index is -0.694. The molecule has 0 saturated heterocycles. The van der Waals surface area contributed by atoms with Gasteiger partial charge in [0.2, 0.25) is 0 Å². The molecule has 4 nitrogen and oxygen atoms in total. The Morgan fingerprint density at radius 2 is 1.93 bits per heavy atom. The number of benzene rings is 1. The number of alkyl halides is 1. The van der Waals surface area contributed by atoms with Gasteiger partial charge in [-0.2, -0.15) is 0 Å². The zero-order valence-corrected chi connectivity index (χ0v) is 8.04. The van der Waals surface area contributed by atoms with Crippen LogP contribution in [0.1, 0.15) is 11.6 Å². The summed E-state index contributed by atoms with van der Waals surface area (Å²) in [5.41, 5.74) is 5.92. The molecular formula is C8H10ClFN2O2. The van der Waals surface area contributed by atoms with Crippen molar-refractivity contribution < 1.29 is 9.31 Å². The van der Waals surface area contributed by atoms with Crippen LogP contribution in [0.3, 0.4) is 0 Å². The van der Waals surface area contributed by atoms with Gasteiger partial charge in [0.15, 0.2) is 0 Å². The van der Waals surface area contributed by atoms with Gasteiger partial charge >= 0.3 is 0 Å². The van der Waals surface area contributed by atoms with Crippen LogP contribution in [-0.2, 0) is 0 Å². The first-order chi connectivity index (χ1) is 6.15. The topological polar surface area (TPSA) is 69.2 Å². The van der Waals surface area contributed by atoms with Crippen LogP contribution in [0.15, 0.2) is 24.3 Å². The molecule has 0 aliphatic rings. The van der Waals surface area contributed by atoms with E-state index in [-0.39, 0.29) is 18.1 Å². The molecule has 78 valence electrons. The van der Waals surface area contributed by atoms with Crippen molar-refractivity contribution in [2.24, 2.45) is 5.73 Å². The lowest BCUT2D eigenvalue weighted by atomic mass is 10.1. The Morgan fingerprint density at radius 1 is 1.43 bits per heavy atom. The first kappa shape index (κ1) is 12.8. The molecule has 0 aliphatic carbocycles. The molecule has 0 aliphatic heterocycles. The highest BCUT2D eigenvalue weighted by Crippen LogP contribution is 2.16. The molecule has 0 saturated carbocycles. The minimum Gasteiger partial charge on any atom is -0.322 e. The maximum atomic E-state index is 12.1. The molecule has 0 aromatic heterocycles. The van der Waals surface area contributed by atoms with Gasteiger partial charge in [0, 0.05) is 12.1 Å². The number of nitrogens with two attached hydrogens (primary N) is 1. The number of rotatable bonds is 3. The van der Waals surface area contributed by atoms with Crippen molar-refractivity contribution in [1.29, 1.82) is 0 Å². The smallest absolute Gasteiger partial charge is 0.269 e. The van der Waals surface area contributed by atoms with E-state index in [1.807, 2.05) is 0 Å². The highest BCUT2D eigenvalue weighted by atomic mass is 35.5. The summed E-state index contributed by atoms with van der Waals surface area (Å²) < 4.78 is 12.1. The summed E-state index contributed by atoms with van der Waals surface area (Å²) >= 11 is 0. The number of hydrogen-bond acceptors (Lipinski definition) is 3. The van der Waals surface area contributed by atoms with Gasteiger partial charge in [-0.05, 0) is 5.56 Å². The zero-order chi connectivity index (χ0) is 9.84. The Morgan fingerprint density at radius 3 is 2.29 bits per heavy atom. The van der Waals surface area contributed by atoms with E-state index in [1.165, 1.54) is 24.3 Å². The second-order valence-corrected chi connectivity index (χ2v) is 2.61. The number of nitro benzene ring substituents is 1. The van der Waals surface area contributed by atoms with E-state index in [9.17, 15) is 14.5 Å². The third-order valence-corrected chi connectivity index (χ3v) is 1.70. The molecule has 0 radical (unpaired) electrons. The predicted octanol–water partition coefficient (Wildman–Crippen LogP) is 1.99. The number of non-ortho nitro benzene ring substituents is 1. The Balaban J connectivity index is 0.00000169. The van der Waals surface area contributed by atoms with Gasteiger partial charge < -0.3 is 5.73 Å². The molecule has 1 rings (SSSR count). The normalized spacial score (nSPS) is 11.6. The van der Waals surface area contributed by atoms with Crippen molar-refractivity contribution in [2.75, 3.05) is 6.67 Å². The predicted molar refractivity (Wildman–Crippen MR) is 53.2 cm³/mol. The van der Waals surface area contributed by atoms with E-state index in [2.05, 4.69) is 0 Å². The highest BCUT2D eigenvalue weighted by Gasteiger charge is 2.08. The molecule has 1 aromatic carbocycles. The van der Waals surface area contributed by atoms with Crippen molar-refractivity contribution >= 4 is 18.1 Å². The maximum absolute atomic E-state index is 12.1. The van der Waals surface area contributed by atoms with Gasteiger partial charge in [0.25, 0.3) is 5.69 Å². The molecule has 0 unspecified atom stereocenters. The lowest BCUT2D eigenvalue weighted by molar-refractivity contribution is -0.384. The molecule has 6 heteroatoms. The number of halogens is 2. The van der Waals surface area contributed by atoms with Gasteiger partial charge in [-0.1, -0.05) is 12.1 Å². The van der Waals surface area contributed by atoms with E-state index in [4.69, 9.17) is 5.73 Å². The second kappa shape index (κ2) is 5.51. The van der Waals surface area contributed by atoms with Gasteiger partial charge in [0.05, 0.1) is 11.0 Å². The van der Waals surface area contributed by atoms with Crippen molar-refractivity contribution in [3.05, 3.63) is 39.9 Å². The molecule has 0 fully saturated rings. The average molecular weight is 221 g/mol. The molecule has 0 spiro atoms. The zero-order valence-electron chi connectivity index (χ0n) is 7.22. The van der Waals surface area contributed by atoms with E-state index in [1.54, 1.807) is 0 Å². The van der Waals surface area contributed by atoms with Gasteiger partial charge in [0.1, 0.15) is 6.67 Å². The van der Waals surface area contributed by atoms with Crippen molar-refractivity contribution in [2.45, 2.75) is 6.04 Å². The quantitative estimate of drug-likeness (QED) is 0.626. The summed E-state index contributed by atoms with van der Waals surface area (Å²) in [5, 5.41) is 10.3. The van der Waals surface area contributed by atoms with Crippen LogP contribution in [0.4, 0.5) is 10.1 Å². The maximum Gasteiger partial charge on any atom is 0.269 e. The lowest BCUT2D eigenvalue weighted by Crippen LogP contribution is -2.11. The summed E-state index contributed by atoms with van der Waals surface area (Å²) in [6.45, 7) is -0.669. The van der Waals surface area contributed by atoms with E-state index >= 15 is 0 Å². The Bertz CT molecular complexity index is 305. The average Bonchev–Trinajstić information content (AvgIpc) is 2.17. The number of nitro groups is 1. The Kier molecular flexibility index (Phi) is 5.04. The third-order valence-electron chi connectivity index (χ3n) is 1.70. The largest absolute Gasteiger partial charge is 0.322 e. The van der Waals surface area contributed by atoms with Crippen molar-refractivity contribution in [3.8, 4) is 0 Å². The fourth-order valence-corrected chi connectivity index (χ4v) is 0.932.